The van der Waals surface area contributed by atoms with Crippen molar-refractivity contribution >= 4 is 34.3 Å². The summed E-state index contributed by atoms with van der Waals surface area (Å²) in [5.41, 5.74) is 14.0. The van der Waals surface area contributed by atoms with Gasteiger partial charge in [0.25, 0.3) is 5.91 Å². The van der Waals surface area contributed by atoms with E-state index in [1.807, 2.05) is 42.8 Å². The molecule has 154 valence electrons. The number of amides is 1. The van der Waals surface area contributed by atoms with Crippen molar-refractivity contribution in [1.82, 2.24) is 14.5 Å². The summed E-state index contributed by atoms with van der Waals surface area (Å²) in [5.74, 6) is -0.324. The van der Waals surface area contributed by atoms with Crippen LogP contribution in [0, 0.1) is 6.92 Å². The molecule has 0 unspecified atom stereocenters. The molecule has 29 heavy (non-hydrogen) atoms. The molecule has 0 saturated heterocycles. The fourth-order valence-electron chi connectivity index (χ4n) is 3.01. The smallest absolute Gasteiger partial charge is 0.254 e. The minimum absolute atomic E-state index is 0.0627. The van der Waals surface area contributed by atoms with Gasteiger partial charge in [0.15, 0.2) is 0 Å². The number of carbonyl (C=O) groups is 1. The van der Waals surface area contributed by atoms with E-state index < -0.39 is 24.8 Å². The Kier molecular flexibility index (Phi) is 5.92. The van der Waals surface area contributed by atoms with Crippen LogP contribution in [0.2, 0.25) is 0 Å². The van der Waals surface area contributed by atoms with E-state index in [0.717, 1.165) is 22.3 Å². The first kappa shape index (κ1) is 20.5. The molecule has 8 nitrogen and oxygen atoms in total. The summed E-state index contributed by atoms with van der Waals surface area (Å²) >= 11 is 0. The third-order valence-electron chi connectivity index (χ3n) is 4.64. The van der Waals surface area contributed by atoms with Crippen molar-refractivity contribution in [3.05, 3.63) is 41.7 Å². The number of alkyl halides is 2. The van der Waals surface area contributed by atoms with E-state index in [0.29, 0.717) is 0 Å². The van der Waals surface area contributed by atoms with Crippen LogP contribution in [0.25, 0.3) is 10.9 Å². The van der Waals surface area contributed by atoms with Crippen LogP contribution in [0.1, 0.15) is 22.5 Å². The molecule has 3 rings (SSSR count). The summed E-state index contributed by atoms with van der Waals surface area (Å²) in [4.78, 5) is 20.1. The average molecular weight is 403 g/mol. The lowest BCUT2D eigenvalue weighted by Gasteiger charge is -2.14. The first-order valence-corrected chi connectivity index (χ1v) is 9.02. The number of halogens is 2. The van der Waals surface area contributed by atoms with E-state index in [9.17, 15) is 13.6 Å². The van der Waals surface area contributed by atoms with Crippen LogP contribution in [0.5, 0.6) is 0 Å². The van der Waals surface area contributed by atoms with Crippen LogP contribution in [-0.4, -0.2) is 39.5 Å². The van der Waals surface area contributed by atoms with Crippen molar-refractivity contribution in [2.45, 2.75) is 25.8 Å². The topological polar surface area (TPSA) is 124 Å². The summed E-state index contributed by atoms with van der Waals surface area (Å²) in [5, 5.41) is 6.91. The summed E-state index contributed by atoms with van der Waals surface area (Å²) in [6, 6.07) is 7.00. The molecule has 0 spiro atoms. The summed E-state index contributed by atoms with van der Waals surface area (Å²) in [7, 11) is 1.96. The number of carbonyl (C=O) groups excluding carboxylic acids is 1. The predicted octanol–water partition coefficient (Wildman–Crippen LogP) is 2.51. The third-order valence-corrected chi connectivity index (χ3v) is 4.64. The lowest BCUT2D eigenvalue weighted by Crippen LogP contribution is -2.31. The zero-order chi connectivity index (χ0) is 21.1. The second kappa shape index (κ2) is 8.39. The van der Waals surface area contributed by atoms with Crippen molar-refractivity contribution in [2.24, 2.45) is 18.5 Å². The molecule has 2 heterocycles. The maximum absolute atomic E-state index is 12.4. The molecule has 1 atom stereocenters. The highest BCUT2D eigenvalue weighted by atomic mass is 19.3. The number of benzene rings is 1. The molecule has 0 fully saturated rings. The Morgan fingerprint density at radius 1 is 1.34 bits per heavy atom. The second-order valence-corrected chi connectivity index (χ2v) is 6.80. The van der Waals surface area contributed by atoms with Gasteiger partial charge in [-0.15, -0.1) is 0 Å². The lowest BCUT2D eigenvalue weighted by molar-refractivity contribution is 0.100. The molecule has 0 radical (unpaired) electrons. The van der Waals surface area contributed by atoms with Crippen LogP contribution < -0.4 is 22.1 Å². The number of rotatable bonds is 8. The Morgan fingerprint density at radius 2 is 2.10 bits per heavy atom. The summed E-state index contributed by atoms with van der Waals surface area (Å²) in [6.45, 7) is 2.06. The van der Waals surface area contributed by atoms with Gasteiger partial charge in [0.05, 0.1) is 5.52 Å². The molecule has 6 N–H and O–H groups in total. The normalized spacial score (nSPS) is 12.3. The summed E-state index contributed by atoms with van der Waals surface area (Å²) < 4.78 is 26.9. The van der Waals surface area contributed by atoms with Crippen molar-refractivity contribution in [2.75, 3.05) is 17.2 Å². The SMILES string of the molecule is Cc1cc2c(Nc3nc(NC[C@@H](N)CC(F)F)ncc3C(N)=O)cccc2n1C. The lowest BCUT2D eigenvalue weighted by atomic mass is 10.2. The fraction of sp³-hybridized carbons (Fsp3) is 0.316. The van der Waals surface area contributed by atoms with Crippen molar-refractivity contribution in [3.63, 3.8) is 0 Å². The predicted molar refractivity (Wildman–Crippen MR) is 109 cm³/mol. The molecule has 0 aliphatic carbocycles. The van der Waals surface area contributed by atoms with Crippen molar-refractivity contribution in [3.8, 4) is 0 Å². The van der Waals surface area contributed by atoms with E-state index in [2.05, 4.69) is 20.6 Å². The highest BCUT2D eigenvalue weighted by Gasteiger charge is 2.16. The van der Waals surface area contributed by atoms with Gasteiger partial charge in [-0.2, -0.15) is 4.98 Å². The van der Waals surface area contributed by atoms with Gasteiger partial charge in [-0.3, -0.25) is 4.79 Å². The van der Waals surface area contributed by atoms with Gasteiger partial charge in [0, 0.05) is 49.0 Å². The molecule has 10 heteroatoms. The molecule has 1 aromatic carbocycles. The maximum atomic E-state index is 12.4. The van der Waals surface area contributed by atoms with Gasteiger partial charge in [-0.25, -0.2) is 13.8 Å². The van der Waals surface area contributed by atoms with E-state index in [1.165, 1.54) is 6.20 Å². The average Bonchev–Trinajstić information content (AvgIpc) is 2.95. The number of hydrogen-bond donors (Lipinski definition) is 4. The standard InChI is InChI=1S/C19H23F2N7O/c1-10-6-12-14(4-3-5-15(12)28(10)2)26-18-13(17(23)29)9-25-19(27-18)24-8-11(22)7-16(20)21/h3-6,9,11,16H,7-8,22H2,1-2H3,(H2,23,29)(H2,24,25,26,27)/t11-/m0/s1. The van der Waals surface area contributed by atoms with Crippen molar-refractivity contribution in [1.29, 1.82) is 0 Å². The van der Waals surface area contributed by atoms with E-state index >= 15 is 0 Å². The number of nitrogens with one attached hydrogen (secondary N) is 2. The zero-order valence-corrected chi connectivity index (χ0v) is 16.1. The molecule has 3 aromatic rings. The minimum atomic E-state index is -2.49. The van der Waals surface area contributed by atoms with Gasteiger partial charge in [0.2, 0.25) is 12.4 Å². The fourth-order valence-corrected chi connectivity index (χ4v) is 3.01. The van der Waals surface area contributed by atoms with Crippen LogP contribution in [0.3, 0.4) is 0 Å². The molecule has 0 saturated carbocycles. The highest BCUT2D eigenvalue weighted by molar-refractivity contribution is 6.00. The van der Waals surface area contributed by atoms with Crippen LogP contribution in [0.4, 0.5) is 26.2 Å². The van der Waals surface area contributed by atoms with Gasteiger partial charge in [0.1, 0.15) is 11.4 Å². The zero-order valence-electron chi connectivity index (χ0n) is 16.1. The molecule has 2 aromatic heterocycles. The largest absolute Gasteiger partial charge is 0.365 e. The highest BCUT2D eigenvalue weighted by Crippen LogP contribution is 2.29. The Labute approximate surface area is 166 Å². The number of fused-ring (bicyclic) bond motifs is 1. The van der Waals surface area contributed by atoms with Crippen LogP contribution in [-0.2, 0) is 7.05 Å². The molecular weight excluding hydrogens is 380 g/mol. The van der Waals surface area contributed by atoms with Crippen molar-refractivity contribution < 1.29 is 13.6 Å². The number of aryl methyl sites for hydroxylation is 2. The Hall–Kier alpha value is -3.27. The number of anilines is 3. The summed E-state index contributed by atoms with van der Waals surface area (Å²) in [6.07, 6.45) is -1.64. The molecule has 0 aliphatic rings. The number of nitrogens with zero attached hydrogens (tertiary/aromatic N) is 3. The van der Waals surface area contributed by atoms with E-state index in [1.54, 1.807) is 0 Å². The van der Waals surface area contributed by atoms with E-state index in [4.69, 9.17) is 11.5 Å². The van der Waals surface area contributed by atoms with Gasteiger partial charge in [-0.1, -0.05) is 6.07 Å². The number of primary amides is 1. The minimum Gasteiger partial charge on any atom is -0.365 e. The van der Waals surface area contributed by atoms with Gasteiger partial charge >= 0.3 is 0 Å². The molecular formula is C19H23F2N7O. The van der Waals surface area contributed by atoms with Crippen LogP contribution >= 0.6 is 0 Å². The Morgan fingerprint density at radius 3 is 2.79 bits per heavy atom. The number of hydrogen-bond acceptors (Lipinski definition) is 6. The maximum Gasteiger partial charge on any atom is 0.254 e. The van der Waals surface area contributed by atoms with Crippen LogP contribution in [0.15, 0.2) is 30.5 Å². The second-order valence-electron chi connectivity index (χ2n) is 6.80. The first-order valence-electron chi connectivity index (χ1n) is 9.02. The monoisotopic (exact) mass is 403 g/mol. The van der Waals surface area contributed by atoms with Gasteiger partial charge in [-0.05, 0) is 25.1 Å². The van der Waals surface area contributed by atoms with Gasteiger partial charge < -0.3 is 26.7 Å². The Bertz CT molecular complexity index is 1030. The quantitative estimate of drug-likeness (QED) is 0.458. The Balaban J connectivity index is 1.89. The van der Waals surface area contributed by atoms with E-state index in [-0.39, 0.29) is 23.9 Å². The first-order chi connectivity index (χ1) is 13.8. The number of nitrogens with two attached hydrogens (primary N) is 2. The number of aromatic nitrogens is 3. The third kappa shape index (κ3) is 4.60. The molecule has 0 aliphatic heterocycles. The molecule has 0 bridgehead atoms. The molecule has 1 amide bonds.